The largest absolute Gasteiger partial charge is 0.308 e. The Kier molecular flexibility index (Phi) is 15.7. The molecule has 340 valence electrons. The average molecular weight is 1110 g/mol. The lowest BCUT2D eigenvalue weighted by Crippen LogP contribution is -2.12. The fourth-order valence-corrected chi connectivity index (χ4v) is 11.1. The fourth-order valence-electron chi connectivity index (χ4n) is 9.89. The molecule has 0 saturated carbocycles. The summed E-state index contributed by atoms with van der Waals surface area (Å²) in [5, 5.41) is 2.67. The van der Waals surface area contributed by atoms with Crippen molar-refractivity contribution in [2.45, 2.75) is 64.2 Å². The van der Waals surface area contributed by atoms with Crippen molar-refractivity contribution in [2.24, 2.45) is 0 Å². The lowest BCUT2D eigenvalue weighted by atomic mass is 9.85. The Hall–Kier alpha value is -5.41. The van der Waals surface area contributed by atoms with Gasteiger partial charge in [0.2, 0.25) is 0 Å². The molecule has 5 aliphatic rings. The van der Waals surface area contributed by atoms with Gasteiger partial charge < -0.3 is 5.43 Å². The summed E-state index contributed by atoms with van der Waals surface area (Å²) in [6.07, 6.45) is 9.20. The van der Waals surface area contributed by atoms with E-state index in [2.05, 4.69) is 167 Å². The van der Waals surface area contributed by atoms with E-state index in [1.165, 1.54) is 100 Å². The number of aryl methyl sites for hydroxylation is 3. The monoisotopic (exact) mass is 1100 g/mol. The number of carbonyl (C=O) groups excluding carboxylic acids is 2. The van der Waals surface area contributed by atoms with E-state index in [1.807, 2.05) is 60.7 Å². The van der Waals surface area contributed by atoms with Gasteiger partial charge in [0.05, 0.1) is 0 Å². The van der Waals surface area contributed by atoms with E-state index in [-0.39, 0.29) is 0 Å². The van der Waals surface area contributed by atoms with E-state index in [9.17, 15) is 9.59 Å². The summed E-state index contributed by atoms with van der Waals surface area (Å²) in [6.45, 7) is 0. The Morgan fingerprint density at radius 2 is 0.926 bits per heavy atom. The van der Waals surface area contributed by atoms with Gasteiger partial charge in [-0.2, -0.15) is 0 Å². The summed E-state index contributed by atoms with van der Waals surface area (Å²) in [6, 6.07) is 59.3. The molecule has 0 spiro atoms. The molecule has 4 nitrogen and oxygen atoms in total. The van der Waals surface area contributed by atoms with E-state index in [1.54, 1.807) is 5.57 Å². The lowest BCUT2D eigenvalue weighted by molar-refractivity contribution is -0.119. The number of fused-ring (bicyclic) bond motifs is 11. The van der Waals surface area contributed by atoms with Crippen LogP contribution in [0.5, 0.6) is 0 Å². The van der Waals surface area contributed by atoms with E-state index >= 15 is 0 Å². The van der Waals surface area contributed by atoms with Crippen molar-refractivity contribution >= 4 is 93.2 Å². The van der Waals surface area contributed by atoms with Crippen molar-refractivity contribution < 1.29 is 9.59 Å². The molecule has 8 aromatic rings. The topological polar surface area (TPSA) is 58.2 Å². The van der Waals surface area contributed by atoms with Crippen LogP contribution in [0.25, 0.3) is 27.5 Å². The lowest BCUT2D eigenvalue weighted by Gasteiger charge is -2.19. The first-order chi connectivity index (χ1) is 33.2. The van der Waals surface area contributed by atoms with E-state index in [0.29, 0.717) is 30.8 Å². The Morgan fingerprint density at radius 1 is 0.397 bits per heavy atom. The van der Waals surface area contributed by atoms with Crippen LogP contribution in [0, 0.1) is 0 Å². The highest BCUT2D eigenvalue weighted by atomic mass is 79.9. The molecule has 0 amide bonds. The number of nitrogens with one attached hydrogen (secondary N) is 2. The second-order valence-electron chi connectivity index (χ2n) is 17.6. The minimum atomic E-state index is 0.362. The molecule has 0 saturated heterocycles. The van der Waals surface area contributed by atoms with E-state index in [0.717, 1.165) is 46.7 Å². The molecule has 2 N–H and O–H groups in total. The van der Waals surface area contributed by atoms with Gasteiger partial charge in [-0.25, -0.2) is 0 Å². The van der Waals surface area contributed by atoms with Crippen molar-refractivity contribution in [3.63, 3.8) is 0 Å². The summed E-state index contributed by atoms with van der Waals surface area (Å²) in [5.41, 5.74) is 23.5. The molecule has 8 aromatic carbocycles. The molecule has 13 rings (SSSR count). The molecule has 0 atom stereocenters. The molecule has 68 heavy (non-hydrogen) atoms. The van der Waals surface area contributed by atoms with Gasteiger partial charge in [0.1, 0.15) is 11.6 Å². The van der Waals surface area contributed by atoms with Gasteiger partial charge in [-0.3, -0.25) is 9.59 Å². The number of rotatable bonds is 2. The standard InChI is InChI=1S/C17H13Br.C17H11Br.C10H9BrO.C10H10O.C6H7ClN2/c2*18-14-8-7-11-5-6-13-9-12-3-1-2-4-15(12)17(13)16(11)10-14;11-9-3-1-7-2-4-10(12)6-8(7)5-9;11-10-6-5-8-3-1-2-4-9(8)7-10;7-9-8-6-4-2-1-3-5-6/h1-4,7-8,10H,5-6,9H2;1-8,10H,9H2;1,3,5H,2,4,6H2;1-4H,5-7H2;1-5,8-9H. The Balaban J connectivity index is 0.000000109. The first-order valence-corrected chi connectivity index (χ1v) is 25.9. The Labute approximate surface area is 429 Å². The number of carbonyl (C=O) groups is 2. The van der Waals surface area contributed by atoms with Crippen molar-refractivity contribution in [3.8, 4) is 11.1 Å². The maximum atomic E-state index is 11.1. The predicted octanol–water partition coefficient (Wildman–Crippen LogP) is 15.9. The van der Waals surface area contributed by atoms with Crippen molar-refractivity contribution in [1.29, 1.82) is 0 Å². The van der Waals surface area contributed by atoms with Gasteiger partial charge in [0.15, 0.2) is 0 Å². The summed E-state index contributed by atoms with van der Waals surface area (Å²) in [4.78, 5) is 24.5. The number of hydrogen-bond donors (Lipinski definition) is 2. The summed E-state index contributed by atoms with van der Waals surface area (Å²) in [5.74, 6) is 0.740. The van der Waals surface area contributed by atoms with Gasteiger partial charge in [0.25, 0.3) is 0 Å². The first kappa shape index (κ1) is 47.6. The molecule has 0 aromatic heterocycles. The number of halogens is 4. The number of hydrogen-bond acceptors (Lipinski definition) is 4. The third-order valence-electron chi connectivity index (χ3n) is 13.2. The van der Waals surface area contributed by atoms with Crippen LogP contribution < -0.4 is 10.4 Å². The number of benzene rings is 8. The van der Waals surface area contributed by atoms with Gasteiger partial charge in [0, 0.05) is 44.8 Å². The molecule has 0 aliphatic heterocycles. The normalized spacial score (nSPS) is 14.2. The number of hydrazine groups is 1. The number of ketones is 2. The van der Waals surface area contributed by atoms with E-state index in [4.69, 9.17) is 11.8 Å². The Morgan fingerprint density at radius 3 is 1.66 bits per heavy atom. The highest BCUT2D eigenvalue weighted by Crippen LogP contribution is 2.45. The first-order valence-electron chi connectivity index (χ1n) is 23.1. The molecule has 0 fully saturated rings. The van der Waals surface area contributed by atoms with Gasteiger partial charge in [-0.15, -0.1) is 4.94 Å². The SMILES string of the molecule is Brc1ccc2c(c1)C1=C(CC2)Cc2ccccc21.Brc1ccc2ccc3c(c2c1)-c1ccccc1C3.ClNNc1ccccc1.O=C1CCc2ccc(Br)cc2C1.O=C1CCc2ccccc2C1. The van der Waals surface area contributed by atoms with Gasteiger partial charge in [-0.05, 0) is 182 Å². The molecule has 0 heterocycles. The zero-order chi connectivity index (χ0) is 47.0. The smallest absolute Gasteiger partial charge is 0.137 e. The zero-order valence-electron chi connectivity index (χ0n) is 37.6. The minimum absolute atomic E-state index is 0.362. The van der Waals surface area contributed by atoms with Crippen LogP contribution in [-0.2, 0) is 54.5 Å². The zero-order valence-corrected chi connectivity index (χ0v) is 43.1. The quantitative estimate of drug-likeness (QED) is 0.134. The van der Waals surface area contributed by atoms with Crippen LogP contribution in [0.1, 0.15) is 74.9 Å². The van der Waals surface area contributed by atoms with Crippen LogP contribution in [-0.4, -0.2) is 11.6 Å². The highest BCUT2D eigenvalue weighted by Gasteiger charge is 2.27. The van der Waals surface area contributed by atoms with Crippen LogP contribution in [0.4, 0.5) is 5.69 Å². The fraction of sp³-hybridized carbons (Fsp3) is 0.167. The van der Waals surface area contributed by atoms with Gasteiger partial charge in [-0.1, -0.05) is 175 Å². The number of para-hydroxylation sites is 1. The summed E-state index contributed by atoms with van der Waals surface area (Å²) in [7, 11) is 0. The highest BCUT2D eigenvalue weighted by molar-refractivity contribution is 9.11. The molecule has 5 aliphatic carbocycles. The van der Waals surface area contributed by atoms with Gasteiger partial charge >= 0.3 is 0 Å². The second-order valence-corrected chi connectivity index (χ2v) is 20.5. The maximum Gasteiger partial charge on any atom is 0.137 e. The molecular weight excluding hydrogens is 1060 g/mol. The van der Waals surface area contributed by atoms with Crippen LogP contribution in [0.15, 0.2) is 189 Å². The van der Waals surface area contributed by atoms with Crippen molar-refractivity contribution in [3.05, 3.63) is 244 Å². The van der Waals surface area contributed by atoms with Crippen molar-refractivity contribution in [1.82, 2.24) is 4.94 Å². The minimum Gasteiger partial charge on any atom is -0.308 e. The van der Waals surface area contributed by atoms with Crippen molar-refractivity contribution in [2.75, 3.05) is 5.43 Å². The second kappa shape index (κ2) is 22.3. The number of Topliss-reactive ketones (excluding diaryl/α,β-unsaturated/α-hetero) is 2. The molecule has 0 unspecified atom stereocenters. The average Bonchev–Trinajstić information content (AvgIpc) is 3.94. The summed E-state index contributed by atoms with van der Waals surface area (Å²) < 4.78 is 3.39. The third kappa shape index (κ3) is 11.4. The van der Waals surface area contributed by atoms with Crippen LogP contribution in [0.3, 0.4) is 0 Å². The van der Waals surface area contributed by atoms with Crippen LogP contribution in [0.2, 0.25) is 0 Å². The molecule has 0 bridgehead atoms. The maximum absolute atomic E-state index is 11.1. The molecular formula is C60H50Br3ClN2O2. The van der Waals surface area contributed by atoms with E-state index < -0.39 is 0 Å². The number of allylic oxidation sites excluding steroid dienone is 1. The van der Waals surface area contributed by atoms with Crippen LogP contribution >= 0.6 is 59.6 Å². The number of anilines is 1. The summed E-state index contributed by atoms with van der Waals surface area (Å²) >= 11 is 15.8. The molecule has 0 radical (unpaired) electrons. The predicted molar refractivity (Wildman–Crippen MR) is 292 cm³/mol. The Bertz CT molecular complexity index is 3180. The third-order valence-corrected chi connectivity index (χ3v) is 14.8. The molecule has 8 heteroatoms.